The van der Waals surface area contributed by atoms with Crippen molar-refractivity contribution in [3.8, 4) is 11.1 Å². The molecule has 3 aromatic carbocycles. The van der Waals surface area contributed by atoms with Gasteiger partial charge in [-0.3, -0.25) is 14.5 Å². The summed E-state index contributed by atoms with van der Waals surface area (Å²) in [4.78, 5) is 31.8. The van der Waals surface area contributed by atoms with E-state index in [1.807, 2.05) is 24.3 Å². The van der Waals surface area contributed by atoms with Crippen LogP contribution in [0.4, 0.5) is 5.69 Å². The molecular formula is C33H40N4O2. The van der Waals surface area contributed by atoms with Crippen LogP contribution in [-0.4, -0.2) is 60.4 Å². The number of unbranched alkanes of at least 4 members (excludes halogenated alkanes) is 3. The maximum Gasteiger partial charge on any atom is 0.240 e. The Morgan fingerprint density at radius 1 is 0.744 bits per heavy atom. The summed E-state index contributed by atoms with van der Waals surface area (Å²) in [5, 5.41) is 0. The lowest BCUT2D eigenvalue weighted by molar-refractivity contribution is -0.140. The highest BCUT2D eigenvalue weighted by molar-refractivity contribution is 5.87. The zero-order valence-electron chi connectivity index (χ0n) is 22.8. The number of hydrogen-bond acceptors (Lipinski definition) is 4. The molecule has 204 valence electrons. The van der Waals surface area contributed by atoms with Gasteiger partial charge in [-0.15, -0.1) is 0 Å². The molecule has 1 atom stereocenters. The minimum absolute atomic E-state index is 0.0419. The predicted molar refractivity (Wildman–Crippen MR) is 157 cm³/mol. The van der Waals surface area contributed by atoms with Gasteiger partial charge in [0.15, 0.2) is 0 Å². The molecule has 3 aromatic rings. The quantitative estimate of drug-likeness (QED) is 0.385. The maximum absolute atomic E-state index is 13.0. The number of carbonyl (C=O) groups excluding carboxylic acids is 2. The molecule has 0 saturated carbocycles. The zero-order valence-corrected chi connectivity index (χ0v) is 22.8. The van der Waals surface area contributed by atoms with Gasteiger partial charge in [-0.2, -0.15) is 0 Å². The molecule has 0 unspecified atom stereocenters. The van der Waals surface area contributed by atoms with Crippen LogP contribution in [0.1, 0.15) is 43.2 Å². The molecule has 39 heavy (non-hydrogen) atoms. The molecular weight excluding hydrogens is 484 g/mol. The summed E-state index contributed by atoms with van der Waals surface area (Å²) in [6.45, 7) is 5.81. The van der Waals surface area contributed by atoms with Gasteiger partial charge in [-0.25, -0.2) is 0 Å². The van der Waals surface area contributed by atoms with E-state index in [4.69, 9.17) is 5.73 Å². The van der Waals surface area contributed by atoms with E-state index in [-0.39, 0.29) is 5.91 Å². The molecule has 2 aliphatic rings. The number of amides is 2. The smallest absolute Gasteiger partial charge is 0.240 e. The third kappa shape index (κ3) is 6.69. The number of primary amides is 1. The first kappa shape index (κ1) is 26.9. The van der Waals surface area contributed by atoms with Crippen LogP contribution in [0.3, 0.4) is 0 Å². The minimum atomic E-state index is -0.536. The van der Waals surface area contributed by atoms with Crippen molar-refractivity contribution >= 4 is 17.5 Å². The van der Waals surface area contributed by atoms with Crippen molar-refractivity contribution in [2.24, 2.45) is 5.73 Å². The summed E-state index contributed by atoms with van der Waals surface area (Å²) >= 11 is 0. The van der Waals surface area contributed by atoms with Crippen LogP contribution in [0.25, 0.3) is 11.1 Å². The second-order valence-electron chi connectivity index (χ2n) is 10.8. The van der Waals surface area contributed by atoms with E-state index in [0.717, 1.165) is 69.5 Å². The SMILES string of the molecule is NC(=O)[C@@H]1Cc2ccccc2CN1C(=O)CCCCCCN1CCN(c2ccccc2-c2ccccc2)CC1. The van der Waals surface area contributed by atoms with Crippen LogP contribution in [0.2, 0.25) is 0 Å². The van der Waals surface area contributed by atoms with Gasteiger partial charge < -0.3 is 15.5 Å². The predicted octanol–water partition coefficient (Wildman–Crippen LogP) is 4.86. The second kappa shape index (κ2) is 12.9. The average Bonchev–Trinajstić information content (AvgIpc) is 2.99. The standard InChI is InChI=1S/C33H40N4O2/c34-33(39)31-24-27-14-7-8-15-28(27)25-37(31)32(38)18-6-1-2-11-19-35-20-22-36(23-21-35)30-17-10-9-16-29(30)26-12-4-3-5-13-26/h3-5,7-10,12-17,31H,1-2,6,11,18-25H2,(H2,34,39)/t31-/m0/s1. The first-order valence-corrected chi connectivity index (χ1v) is 14.4. The summed E-state index contributed by atoms with van der Waals surface area (Å²) in [6.07, 6.45) is 5.14. The Hall–Kier alpha value is -3.64. The zero-order chi connectivity index (χ0) is 27.0. The van der Waals surface area contributed by atoms with E-state index in [1.165, 1.54) is 16.8 Å². The number of carbonyl (C=O) groups is 2. The van der Waals surface area contributed by atoms with Gasteiger partial charge in [-0.1, -0.05) is 85.6 Å². The van der Waals surface area contributed by atoms with Gasteiger partial charge in [0.25, 0.3) is 0 Å². The monoisotopic (exact) mass is 524 g/mol. The van der Waals surface area contributed by atoms with Crippen LogP contribution in [0, 0.1) is 0 Å². The first-order chi connectivity index (χ1) is 19.1. The number of piperazine rings is 1. The van der Waals surface area contributed by atoms with E-state index in [2.05, 4.69) is 64.4 Å². The largest absolute Gasteiger partial charge is 0.368 e. The second-order valence-corrected chi connectivity index (χ2v) is 10.8. The number of benzene rings is 3. The molecule has 5 rings (SSSR count). The van der Waals surface area contributed by atoms with Crippen LogP contribution in [-0.2, 0) is 22.6 Å². The van der Waals surface area contributed by atoms with E-state index < -0.39 is 11.9 Å². The van der Waals surface area contributed by atoms with Gasteiger partial charge in [0.05, 0.1) is 0 Å². The molecule has 0 bridgehead atoms. The fraction of sp³-hybridized carbons (Fsp3) is 0.394. The average molecular weight is 525 g/mol. The summed E-state index contributed by atoms with van der Waals surface area (Å²) in [5.74, 6) is -0.373. The Morgan fingerprint density at radius 3 is 2.18 bits per heavy atom. The third-order valence-corrected chi connectivity index (χ3v) is 8.21. The van der Waals surface area contributed by atoms with Crippen LogP contribution >= 0.6 is 0 Å². The molecule has 2 N–H and O–H groups in total. The number of rotatable bonds is 10. The highest BCUT2D eigenvalue weighted by atomic mass is 16.2. The number of para-hydroxylation sites is 1. The number of fused-ring (bicyclic) bond motifs is 1. The van der Waals surface area contributed by atoms with E-state index in [0.29, 0.717) is 19.4 Å². The number of nitrogens with zero attached hydrogens (tertiary/aromatic N) is 3. The highest BCUT2D eigenvalue weighted by Gasteiger charge is 2.32. The molecule has 1 saturated heterocycles. The van der Waals surface area contributed by atoms with Gasteiger partial charge >= 0.3 is 0 Å². The van der Waals surface area contributed by atoms with Gasteiger partial charge in [-0.05, 0) is 42.1 Å². The molecule has 0 radical (unpaired) electrons. The molecule has 0 aliphatic carbocycles. The van der Waals surface area contributed by atoms with Crippen LogP contribution in [0.5, 0.6) is 0 Å². The fourth-order valence-corrected chi connectivity index (χ4v) is 5.97. The van der Waals surface area contributed by atoms with Gasteiger partial charge in [0.2, 0.25) is 11.8 Å². The molecule has 0 aromatic heterocycles. The summed E-state index contributed by atoms with van der Waals surface area (Å²) in [7, 11) is 0. The summed E-state index contributed by atoms with van der Waals surface area (Å²) in [5.41, 5.74) is 11.8. The van der Waals surface area contributed by atoms with Crippen molar-refractivity contribution in [2.45, 2.75) is 51.1 Å². The van der Waals surface area contributed by atoms with Crippen molar-refractivity contribution in [3.63, 3.8) is 0 Å². The maximum atomic E-state index is 13.0. The molecule has 2 amide bonds. The molecule has 1 fully saturated rings. The molecule has 2 aliphatic heterocycles. The normalized spacial score (nSPS) is 17.6. The highest BCUT2D eigenvalue weighted by Crippen LogP contribution is 2.31. The van der Waals surface area contributed by atoms with Gasteiger partial charge in [0.1, 0.15) is 6.04 Å². The van der Waals surface area contributed by atoms with Gasteiger partial charge in [0, 0.05) is 56.8 Å². The first-order valence-electron chi connectivity index (χ1n) is 14.4. The lowest BCUT2D eigenvalue weighted by Gasteiger charge is -2.37. The fourth-order valence-electron chi connectivity index (χ4n) is 5.97. The number of anilines is 1. The molecule has 2 heterocycles. The topological polar surface area (TPSA) is 69.9 Å². The molecule has 6 heteroatoms. The summed E-state index contributed by atoms with van der Waals surface area (Å²) < 4.78 is 0. The van der Waals surface area contributed by atoms with Crippen LogP contribution < -0.4 is 10.6 Å². The minimum Gasteiger partial charge on any atom is -0.368 e. The van der Waals surface area contributed by atoms with Crippen molar-refractivity contribution < 1.29 is 9.59 Å². The number of nitrogens with two attached hydrogens (primary N) is 1. The lowest BCUT2D eigenvalue weighted by Crippen LogP contribution is -2.51. The Balaban J connectivity index is 1.02. The summed E-state index contributed by atoms with van der Waals surface area (Å²) in [6, 6.07) is 26.8. The third-order valence-electron chi connectivity index (χ3n) is 8.21. The Kier molecular flexibility index (Phi) is 8.94. The Bertz CT molecular complexity index is 1250. The Labute approximate surface area is 232 Å². The van der Waals surface area contributed by atoms with E-state index in [9.17, 15) is 9.59 Å². The van der Waals surface area contributed by atoms with E-state index in [1.54, 1.807) is 4.90 Å². The van der Waals surface area contributed by atoms with Crippen molar-refractivity contribution in [1.82, 2.24) is 9.80 Å². The van der Waals surface area contributed by atoms with Crippen molar-refractivity contribution in [3.05, 3.63) is 90.0 Å². The van der Waals surface area contributed by atoms with Crippen LogP contribution in [0.15, 0.2) is 78.9 Å². The molecule has 6 nitrogen and oxygen atoms in total. The van der Waals surface area contributed by atoms with Crippen molar-refractivity contribution in [2.75, 3.05) is 37.6 Å². The van der Waals surface area contributed by atoms with Crippen molar-refractivity contribution in [1.29, 1.82) is 0 Å². The Morgan fingerprint density at radius 2 is 1.41 bits per heavy atom. The molecule has 0 spiro atoms. The lowest BCUT2D eigenvalue weighted by atomic mass is 9.93. The number of hydrogen-bond donors (Lipinski definition) is 1. The van der Waals surface area contributed by atoms with E-state index >= 15 is 0 Å².